The van der Waals surface area contributed by atoms with Crippen LogP contribution in [-0.2, 0) is 6.42 Å². The minimum atomic E-state index is 0.239. The van der Waals surface area contributed by atoms with E-state index in [0.29, 0.717) is 5.92 Å². The molecule has 74 valence electrons. The van der Waals surface area contributed by atoms with Crippen LogP contribution in [-0.4, -0.2) is 16.2 Å². The third-order valence-electron chi connectivity index (χ3n) is 2.00. The molecule has 0 aliphatic rings. The molecule has 1 aromatic heterocycles. The van der Waals surface area contributed by atoms with Crippen LogP contribution in [0.3, 0.4) is 0 Å². The maximum Gasteiger partial charge on any atom is 0.0640 e. The molecule has 3 nitrogen and oxygen atoms in total. The van der Waals surface area contributed by atoms with E-state index in [-0.39, 0.29) is 6.04 Å². The number of H-pyrrole nitrogens is 1. The van der Waals surface area contributed by atoms with Gasteiger partial charge in [-0.25, -0.2) is 0 Å². The smallest absolute Gasteiger partial charge is 0.0640 e. The Balaban J connectivity index is 2.40. The van der Waals surface area contributed by atoms with Crippen molar-refractivity contribution >= 4 is 0 Å². The van der Waals surface area contributed by atoms with Gasteiger partial charge in [-0.15, -0.1) is 0 Å². The molecule has 1 aromatic rings. The third-order valence-corrected chi connectivity index (χ3v) is 2.00. The Hall–Kier alpha value is -0.830. The summed E-state index contributed by atoms with van der Waals surface area (Å²) in [7, 11) is 0. The molecule has 0 aliphatic carbocycles. The van der Waals surface area contributed by atoms with Crippen LogP contribution in [0, 0.1) is 12.8 Å². The normalized spacial score (nSPS) is 13.6. The van der Waals surface area contributed by atoms with E-state index >= 15 is 0 Å². The average Bonchev–Trinajstić information content (AvgIpc) is 2.33. The lowest BCUT2D eigenvalue weighted by Crippen LogP contribution is -2.24. The molecule has 0 saturated heterocycles. The molecular weight excluding hydrogens is 162 g/mol. The van der Waals surface area contributed by atoms with Crippen LogP contribution in [0.4, 0.5) is 0 Å². The predicted molar refractivity (Wildman–Crippen MR) is 54.5 cm³/mol. The van der Waals surface area contributed by atoms with Crippen molar-refractivity contribution in [1.29, 1.82) is 0 Å². The second-order valence-corrected chi connectivity index (χ2v) is 4.14. The Bertz CT molecular complexity index is 252. The largest absolute Gasteiger partial charge is 0.327 e. The van der Waals surface area contributed by atoms with E-state index in [1.165, 1.54) is 0 Å². The van der Waals surface area contributed by atoms with Gasteiger partial charge in [0.25, 0.3) is 0 Å². The molecule has 0 fully saturated rings. The van der Waals surface area contributed by atoms with Gasteiger partial charge in [-0.3, -0.25) is 5.10 Å². The van der Waals surface area contributed by atoms with Crippen LogP contribution in [0.1, 0.15) is 31.7 Å². The Morgan fingerprint density at radius 3 is 2.69 bits per heavy atom. The molecule has 3 heteroatoms. The number of rotatable bonds is 4. The fourth-order valence-electron chi connectivity index (χ4n) is 1.54. The van der Waals surface area contributed by atoms with Crippen LogP contribution >= 0.6 is 0 Å². The van der Waals surface area contributed by atoms with E-state index < -0.39 is 0 Å². The first kappa shape index (κ1) is 10.3. The van der Waals surface area contributed by atoms with Gasteiger partial charge < -0.3 is 5.73 Å². The molecule has 1 unspecified atom stereocenters. The van der Waals surface area contributed by atoms with E-state index in [1.807, 2.05) is 6.92 Å². The molecule has 3 N–H and O–H groups in total. The highest BCUT2D eigenvalue weighted by Gasteiger charge is 2.08. The molecule has 0 aromatic carbocycles. The number of aromatic amines is 1. The standard InChI is InChI=1S/C10H19N3/c1-7(2)4-9(11)6-10-5-8(3)12-13-10/h5,7,9H,4,6,11H2,1-3H3,(H,12,13). The van der Waals surface area contributed by atoms with Crippen molar-refractivity contribution in [2.45, 2.75) is 39.7 Å². The van der Waals surface area contributed by atoms with Gasteiger partial charge >= 0.3 is 0 Å². The highest BCUT2D eigenvalue weighted by molar-refractivity contribution is 5.07. The van der Waals surface area contributed by atoms with Gasteiger partial charge in [0, 0.05) is 18.2 Å². The van der Waals surface area contributed by atoms with Gasteiger partial charge in [0.2, 0.25) is 0 Å². The molecule has 0 saturated carbocycles. The zero-order chi connectivity index (χ0) is 9.84. The summed E-state index contributed by atoms with van der Waals surface area (Å²) < 4.78 is 0. The first-order valence-corrected chi connectivity index (χ1v) is 4.84. The number of nitrogens with zero attached hydrogens (tertiary/aromatic N) is 1. The van der Waals surface area contributed by atoms with Crippen LogP contribution in [0.15, 0.2) is 6.07 Å². The zero-order valence-electron chi connectivity index (χ0n) is 8.67. The van der Waals surface area contributed by atoms with Gasteiger partial charge in [-0.1, -0.05) is 13.8 Å². The summed E-state index contributed by atoms with van der Waals surface area (Å²) in [5.74, 6) is 0.662. The number of aromatic nitrogens is 2. The lowest BCUT2D eigenvalue weighted by Gasteiger charge is -2.11. The van der Waals surface area contributed by atoms with E-state index in [0.717, 1.165) is 24.2 Å². The van der Waals surface area contributed by atoms with E-state index in [9.17, 15) is 0 Å². The SMILES string of the molecule is Cc1cc(CC(N)CC(C)C)n[nH]1. The summed E-state index contributed by atoms with van der Waals surface area (Å²) in [4.78, 5) is 0. The third kappa shape index (κ3) is 3.59. The van der Waals surface area contributed by atoms with E-state index in [4.69, 9.17) is 5.73 Å². The highest BCUT2D eigenvalue weighted by atomic mass is 15.1. The van der Waals surface area contributed by atoms with Crippen LogP contribution in [0.25, 0.3) is 0 Å². The second-order valence-electron chi connectivity index (χ2n) is 4.14. The van der Waals surface area contributed by atoms with Gasteiger partial charge in [0.05, 0.1) is 5.69 Å². The lowest BCUT2D eigenvalue weighted by molar-refractivity contribution is 0.490. The highest BCUT2D eigenvalue weighted by Crippen LogP contribution is 2.08. The number of nitrogens with one attached hydrogen (secondary N) is 1. The van der Waals surface area contributed by atoms with Crippen LogP contribution in [0.2, 0.25) is 0 Å². The fourth-order valence-corrected chi connectivity index (χ4v) is 1.54. The van der Waals surface area contributed by atoms with Crippen LogP contribution < -0.4 is 5.73 Å². The maximum absolute atomic E-state index is 5.96. The topological polar surface area (TPSA) is 54.7 Å². The number of hydrogen-bond acceptors (Lipinski definition) is 2. The Kier molecular flexibility index (Phi) is 3.48. The Morgan fingerprint density at radius 1 is 1.54 bits per heavy atom. The summed E-state index contributed by atoms with van der Waals surface area (Å²) in [6, 6.07) is 2.29. The lowest BCUT2D eigenvalue weighted by atomic mass is 10.0. The fraction of sp³-hybridized carbons (Fsp3) is 0.700. The Labute approximate surface area is 79.7 Å². The molecular formula is C10H19N3. The quantitative estimate of drug-likeness (QED) is 0.741. The molecule has 0 radical (unpaired) electrons. The van der Waals surface area contributed by atoms with Crippen molar-refractivity contribution in [2.24, 2.45) is 11.7 Å². The monoisotopic (exact) mass is 181 g/mol. The zero-order valence-corrected chi connectivity index (χ0v) is 8.67. The number of hydrogen-bond donors (Lipinski definition) is 2. The molecule has 0 bridgehead atoms. The summed E-state index contributed by atoms with van der Waals surface area (Å²) in [6.45, 7) is 6.38. The Morgan fingerprint density at radius 2 is 2.23 bits per heavy atom. The summed E-state index contributed by atoms with van der Waals surface area (Å²) in [5.41, 5.74) is 8.14. The summed E-state index contributed by atoms with van der Waals surface area (Å²) in [5, 5.41) is 7.08. The molecule has 1 heterocycles. The first-order valence-electron chi connectivity index (χ1n) is 4.84. The average molecular weight is 181 g/mol. The van der Waals surface area contributed by atoms with Gasteiger partial charge in [-0.05, 0) is 25.3 Å². The van der Waals surface area contributed by atoms with Crippen molar-refractivity contribution in [3.63, 3.8) is 0 Å². The van der Waals surface area contributed by atoms with Crippen LogP contribution in [0.5, 0.6) is 0 Å². The van der Waals surface area contributed by atoms with Gasteiger partial charge in [0.15, 0.2) is 0 Å². The molecule has 0 aliphatic heterocycles. The van der Waals surface area contributed by atoms with Crippen molar-refractivity contribution in [1.82, 2.24) is 10.2 Å². The van der Waals surface area contributed by atoms with E-state index in [1.54, 1.807) is 0 Å². The molecule has 0 spiro atoms. The minimum absolute atomic E-state index is 0.239. The van der Waals surface area contributed by atoms with Crippen molar-refractivity contribution in [2.75, 3.05) is 0 Å². The van der Waals surface area contributed by atoms with Gasteiger partial charge in [-0.2, -0.15) is 5.10 Å². The van der Waals surface area contributed by atoms with Crippen molar-refractivity contribution in [3.05, 3.63) is 17.5 Å². The molecule has 1 rings (SSSR count). The molecule has 1 atom stereocenters. The summed E-state index contributed by atoms with van der Waals surface area (Å²) >= 11 is 0. The van der Waals surface area contributed by atoms with Crippen molar-refractivity contribution in [3.8, 4) is 0 Å². The van der Waals surface area contributed by atoms with E-state index in [2.05, 4.69) is 30.1 Å². The first-order chi connectivity index (χ1) is 6.08. The van der Waals surface area contributed by atoms with Gasteiger partial charge in [0.1, 0.15) is 0 Å². The number of aryl methyl sites for hydroxylation is 1. The summed E-state index contributed by atoms with van der Waals surface area (Å²) in [6.07, 6.45) is 1.94. The predicted octanol–water partition coefficient (Wildman–Crippen LogP) is 1.63. The molecule has 0 amide bonds. The second kappa shape index (κ2) is 4.42. The maximum atomic E-state index is 5.96. The molecule has 13 heavy (non-hydrogen) atoms. The van der Waals surface area contributed by atoms with Crippen molar-refractivity contribution < 1.29 is 0 Å². The number of nitrogens with two attached hydrogens (primary N) is 1. The minimum Gasteiger partial charge on any atom is -0.327 e.